The van der Waals surface area contributed by atoms with Gasteiger partial charge in [-0.15, -0.1) is 0 Å². The molecule has 1 N–H and O–H groups in total. The summed E-state index contributed by atoms with van der Waals surface area (Å²) in [6, 6.07) is 18.9. The van der Waals surface area contributed by atoms with Crippen molar-refractivity contribution in [2.24, 2.45) is 0 Å². The standard InChI is InChI=1S/C24H18N4O2/c1-17-22(21(16-25)24(30-17)28-13-4-5-14-28)23(29)27-20-9-6-7-18(15-20)10-11-19-8-2-3-12-26-19/h2-15H,1H3,(H,27,29)/b11-10+. The van der Waals surface area contributed by atoms with Crippen LogP contribution in [0, 0.1) is 18.3 Å². The number of hydrogen-bond acceptors (Lipinski definition) is 4. The first-order chi connectivity index (χ1) is 14.7. The molecule has 0 spiro atoms. The molecule has 1 aromatic carbocycles. The predicted octanol–water partition coefficient (Wildman–Crippen LogP) is 5.07. The number of amides is 1. The van der Waals surface area contributed by atoms with E-state index in [-0.39, 0.29) is 11.1 Å². The highest BCUT2D eigenvalue weighted by molar-refractivity contribution is 6.07. The summed E-state index contributed by atoms with van der Waals surface area (Å²) in [5, 5.41) is 12.5. The lowest BCUT2D eigenvalue weighted by Gasteiger charge is -2.06. The van der Waals surface area contributed by atoms with Crippen LogP contribution in [-0.2, 0) is 0 Å². The number of carbonyl (C=O) groups is 1. The molecular formula is C24H18N4O2. The number of anilines is 1. The Morgan fingerprint density at radius 2 is 1.97 bits per heavy atom. The minimum Gasteiger partial charge on any atom is -0.443 e. The third-order valence-corrected chi connectivity index (χ3v) is 4.52. The Hall–Kier alpha value is -4.37. The van der Waals surface area contributed by atoms with E-state index >= 15 is 0 Å². The number of carbonyl (C=O) groups excluding carboxylic acids is 1. The lowest BCUT2D eigenvalue weighted by Crippen LogP contribution is -2.14. The van der Waals surface area contributed by atoms with Crippen LogP contribution >= 0.6 is 0 Å². The monoisotopic (exact) mass is 394 g/mol. The third-order valence-electron chi connectivity index (χ3n) is 4.52. The van der Waals surface area contributed by atoms with Crippen LogP contribution in [0.15, 0.2) is 77.6 Å². The molecule has 0 atom stereocenters. The Bertz CT molecular complexity index is 1250. The van der Waals surface area contributed by atoms with Crippen LogP contribution in [0.2, 0.25) is 0 Å². The van der Waals surface area contributed by atoms with Crippen molar-refractivity contribution in [3.8, 4) is 12.0 Å². The highest BCUT2D eigenvalue weighted by Crippen LogP contribution is 2.26. The molecule has 0 fully saturated rings. The van der Waals surface area contributed by atoms with E-state index in [0.29, 0.717) is 17.3 Å². The average molecular weight is 394 g/mol. The molecule has 1 amide bonds. The maximum Gasteiger partial charge on any atom is 0.260 e. The van der Waals surface area contributed by atoms with Gasteiger partial charge in [-0.1, -0.05) is 24.3 Å². The Labute approximate surface area is 173 Å². The van der Waals surface area contributed by atoms with E-state index in [0.717, 1.165) is 11.3 Å². The number of hydrogen-bond donors (Lipinski definition) is 1. The number of aromatic nitrogens is 2. The normalized spacial score (nSPS) is 10.8. The zero-order valence-corrected chi connectivity index (χ0v) is 16.2. The Morgan fingerprint density at radius 3 is 2.70 bits per heavy atom. The SMILES string of the molecule is Cc1oc(-n2cccc2)c(C#N)c1C(=O)Nc1cccc(/C=C/c2ccccn2)c1. The van der Waals surface area contributed by atoms with Crippen LogP contribution in [0.3, 0.4) is 0 Å². The molecule has 0 unspecified atom stereocenters. The number of nitrogens with one attached hydrogen (secondary N) is 1. The van der Waals surface area contributed by atoms with E-state index in [4.69, 9.17) is 4.42 Å². The van der Waals surface area contributed by atoms with Crippen molar-refractivity contribution < 1.29 is 9.21 Å². The fourth-order valence-corrected chi connectivity index (χ4v) is 3.13. The maximum atomic E-state index is 12.9. The highest BCUT2D eigenvalue weighted by atomic mass is 16.4. The molecular weight excluding hydrogens is 376 g/mol. The summed E-state index contributed by atoms with van der Waals surface area (Å²) in [6.45, 7) is 1.68. The van der Waals surface area contributed by atoms with Crippen LogP contribution in [0.25, 0.3) is 18.0 Å². The van der Waals surface area contributed by atoms with Crippen molar-refractivity contribution in [3.63, 3.8) is 0 Å². The van der Waals surface area contributed by atoms with Crippen molar-refractivity contribution in [1.29, 1.82) is 5.26 Å². The van der Waals surface area contributed by atoms with Gasteiger partial charge >= 0.3 is 0 Å². The first-order valence-electron chi connectivity index (χ1n) is 9.33. The second-order valence-corrected chi connectivity index (χ2v) is 6.58. The molecule has 3 aromatic heterocycles. The Balaban J connectivity index is 1.58. The summed E-state index contributed by atoms with van der Waals surface area (Å²) in [4.78, 5) is 17.2. The summed E-state index contributed by atoms with van der Waals surface area (Å²) in [7, 11) is 0. The summed E-state index contributed by atoms with van der Waals surface area (Å²) in [6.07, 6.45) is 9.08. The van der Waals surface area contributed by atoms with Gasteiger partial charge in [0.2, 0.25) is 5.88 Å². The second-order valence-electron chi connectivity index (χ2n) is 6.58. The van der Waals surface area contributed by atoms with Crippen LogP contribution in [0.4, 0.5) is 5.69 Å². The average Bonchev–Trinajstić information content (AvgIpc) is 3.40. The number of benzene rings is 1. The molecule has 30 heavy (non-hydrogen) atoms. The summed E-state index contributed by atoms with van der Waals surface area (Å²) in [5.41, 5.74) is 2.81. The van der Waals surface area contributed by atoms with Crippen molar-refractivity contribution in [2.45, 2.75) is 6.92 Å². The first-order valence-corrected chi connectivity index (χ1v) is 9.33. The lowest BCUT2D eigenvalue weighted by atomic mass is 10.1. The van der Waals surface area contributed by atoms with Gasteiger partial charge < -0.3 is 9.73 Å². The van der Waals surface area contributed by atoms with Crippen LogP contribution < -0.4 is 5.32 Å². The van der Waals surface area contributed by atoms with Crippen molar-refractivity contribution >= 4 is 23.7 Å². The molecule has 146 valence electrons. The van der Waals surface area contributed by atoms with Crippen LogP contribution in [0.5, 0.6) is 0 Å². The molecule has 0 radical (unpaired) electrons. The van der Waals surface area contributed by atoms with Crippen molar-refractivity contribution in [2.75, 3.05) is 5.32 Å². The van der Waals surface area contributed by atoms with Gasteiger partial charge in [-0.05, 0) is 55.0 Å². The van der Waals surface area contributed by atoms with Crippen LogP contribution in [0.1, 0.15) is 32.9 Å². The number of aryl methyl sites for hydroxylation is 1. The van der Waals surface area contributed by atoms with E-state index in [1.807, 2.05) is 60.7 Å². The van der Waals surface area contributed by atoms with Crippen LogP contribution in [-0.4, -0.2) is 15.5 Å². The number of pyridine rings is 1. The smallest absolute Gasteiger partial charge is 0.260 e. The molecule has 6 nitrogen and oxygen atoms in total. The maximum absolute atomic E-state index is 12.9. The molecule has 0 aliphatic rings. The van der Waals surface area contributed by atoms with Gasteiger partial charge in [-0.3, -0.25) is 14.3 Å². The van der Waals surface area contributed by atoms with Crippen molar-refractivity contribution in [3.05, 3.63) is 101 Å². The van der Waals surface area contributed by atoms with E-state index in [1.54, 1.807) is 36.1 Å². The third kappa shape index (κ3) is 3.91. The highest BCUT2D eigenvalue weighted by Gasteiger charge is 2.24. The molecule has 0 aliphatic heterocycles. The fraction of sp³-hybridized carbons (Fsp3) is 0.0417. The second kappa shape index (κ2) is 8.33. The molecule has 4 rings (SSSR count). The minimum absolute atomic E-state index is 0.201. The molecule has 0 bridgehead atoms. The minimum atomic E-state index is -0.392. The Kier molecular flexibility index (Phi) is 5.27. The molecule has 4 aromatic rings. The van der Waals surface area contributed by atoms with E-state index < -0.39 is 5.91 Å². The molecule has 3 heterocycles. The van der Waals surface area contributed by atoms with Gasteiger partial charge in [0.25, 0.3) is 5.91 Å². The van der Waals surface area contributed by atoms with Gasteiger partial charge in [-0.2, -0.15) is 5.26 Å². The molecule has 0 aliphatic carbocycles. The predicted molar refractivity (Wildman–Crippen MR) is 115 cm³/mol. The first kappa shape index (κ1) is 19.0. The number of nitriles is 1. The van der Waals surface area contributed by atoms with Gasteiger partial charge in [0.15, 0.2) is 0 Å². The van der Waals surface area contributed by atoms with E-state index in [9.17, 15) is 10.1 Å². The fourth-order valence-electron chi connectivity index (χ4n) is 3.13. The zero-order valence-electron chi connectivity index (χ0n) is 16.2. The van der Waals surface area contributed by atoms with Gasteiger partial charge in [0.05, 0.1) is 5.69 Å². The molecule has 6 heteroatoms. The summed E-state index contributed by atoms with van der Waals surface area (Å²) in [5.74, 6) is 0.327. The Morgan fingerprint density at radius 1 is 1.13 bits per heavy atom. The van der Waals surface area contributed by atoms with Gasteiger partial charge in [0.1, 0.15) is 23.0 Å². The zero-order chi connectivity index (χ0) is 20.9. The summed E-state index contributed by atoms with van der Waals surface area (Å²) < 4.78 is 7.38. The van der Waals surface area contributed by atoms with Crippen molar-refractivity contribution in [1.82, 2.24) is 9.55 Å². The quantitative estimate of drug-likeness (QED) is 0.512. The number of nitrogens with zero attached hydrogens (tertiary/aromatic N) is 3. The molecule has 0 saturated heterocycles. The van der Waals surface area contributed by atoms with Gasteiger partial charge in [0, 0.05) is 24.3 Å². The topological polar surface area (TPSA) is 83.8 Å². The van der Waals surface area contributed by atoms with E-state index in [2.05, 4.69) is 16.4 Å². The van der Waals surface area contributed by atoms with E-state index in [1.165, 1.54) is 0 Å². The summed E-state index contributed by atoms with van der Waals surface area (Å²) >= 11 is 0. The van der Waals surface area contributed by atoms with Gasteiger partial charge in [-0.25, -0.2) is 0 Å². The largest absolute Gasteiger partial charge is 0.443 e. The number of furan rings is 1. The lowest BCUT2D eigenvalue weighted by molar-refractivity contribution is 0.102. The molecule has 0 saturated carbocycles. The number of rotatable bonds is 5.